The first-order chi connectivity index (χ1) is 24.3. The minimum atomic E-state index is -0.406. The second-order valence-electron chi connectivity index (χ2n) is 11.3. The summed E-state index contributed by atoms with van der Waals surface area (Å²) >= 11 is 2.68. The van der Waals surface area contributed by atoms with Gasteiger partial charge in [0.05, 0.1) is 35.8 Å². The molecule has 2 heterocycles. The third-order valence-electron chi connectivity index (χ3n) is 7.58. The van der Waals surface area contributed by atoms with E-state index in [9.17, 15) is 19.2 Å². The minimum Gasteiger partial charge on any atom is -0.492 e. The molecule has 0 atom stereocenters. The molecule has 14 heteroatoms. The summed E-state index contributed by atoms with van der Waals surface area (Å²) in [5.74, 6) is -0.0382. The number of rotatable bonds is 19. The van der Waals surface area contributed by atoms with Gasteiger partial charge in [0, 0.05) is 12.8 Å². The van der Waals surface area contributed by atoms with Gasteiger partial charge in [0.15, 0.2) is 9.60 Å². The van der Waals surface area contributed by atoms with Crippen LogP contribution >= 0.6 is 22.7 Å². The summed E-state index contributed by atoms with van der Waals surface area (Å²) in [5, 5.41) is 0. The number of para-hydroxylation sites is 2. The maximum Gasteiger partial charge on any atom is 0.326 e. The van der Waals surface area contributed by atoms with E-state index >= 15 is 0 Å². The van der Waals surface area contributed by atoms with Crippen LogP contribution in [0.1, 0.15) is 79.1 Å². The summed E-state index contributed by atoms with van der Waals surface area (Å²) in [6, 6.07) is 11.3. The molecule has 0 unspecified atom stereocenters. The molecule has 4 rings (SSSR count). The van der Waals surface area contributed by atoms with E-state index in [1.54, 1.807) is 23.0 Å². The van der Waals surface area contributed by atoms with E-state index in [0.717, 1.165) is 46.1 Å². The number of hydrogen-bond acceptors (Lipinski definition) is 10. The lowest BCUT2D eigenvalue weighted by Gasteiger charge is -2.09. The minimum absolute atomic E-state index is 0.0631. The van der Waals surface area contributed by atoms with Crippen molar-refractivity contribution in [3.05, 3.63) is 46.0 Å². The van der Waals surface area contributed by atoms with Gasteiger partial charge in [-0.05, 0) is 64.8 Å². The van der Waals surface area contributed by atoms with Crippen molar-refractivity contribution in [1.29, 1.82) is 0 Å². The van der Waals surface area contributed by atoms with E-state index in [2.05, 4.69) is 9.98 Å². The molecule has 0 saturated carbocycles. The molecule has 50 heavy (non-hydrogen) atoms. The van der Waals surface area contributed by atoms with Crippen molar-refractivity contribution in [2.75, 3.05) is 26.4 Å². The number of benzene rings is 2. The zero-order valence-electron chi connectivity index (χ0n) is 29.2. The summed E-state index contributed by atoms with van der Waals surface area (Å²) in [6.07, 6.45) is 5.57. The van der Waals surface area contributed by atoms with Gasteiger partial charge in [-0.15, -0.1) is 0 Å². The molecule has 12 nitrogen and oxygen atoms in total. The Bertz CT molecular complexity index is 1780. The molecule has 0 bridgehead atoms. The summed E-state index contributed by atoms with van der Waals surface area (Å²) in [7, 11) is 0. The van der Waals surface area contributed by atoms with Gasteiger partial charge in [0.2, 0.25) is 11.8 Å². The monoisotopic (exact) mass is 726 g/mol. The molecule has 0 aliphatic heterocycles. The van der Waals surface area contributed by atoms with Gasteiger partial charge in [-0.2, -0.15) is 9.98 Å². The molecule has 0 N–H and O–H groups in total. The van der Waals surface area contributed by atoms with Crippen LogP contribution in [0.4, 0.5) is 0 Å². The Balaban J connectivity index is 1.29. The van der Waals surface area contributed by atoms with Gasteiger partial charge in [-0.25, -0.2) is 0 Å². The van der Waals surface area contributed by atoms with Gasteiger partial charge in [-0.1, -0.05) is 60.5 Å². The number of unbranched alkanes of at least 4 members (excludes halogenated alkanes) is 5. The molecular weight excluding hydrogens is 681 g/mol. The molecule has 0 saturated heterocycles. The van der Waals surface area contributed by atoms with Crippen LogP contribution in [-0.2, 0) is 41.7 Å². The van der Waals surface area contributed by atoms with Crippen LogP contribution in [-0.4, -0.2) is 59.3 Å². The van der Waals surface area contributed by atoms with Gasteiger partial charge >= 0.3 is 11.9 Å². The molecule has 270 valence electrons. The predicted octanol–water partition coefficient (Wildman–Crippen LogP) is 6.32. The van der Waals surface area contributed by atoms with Crippen LogP contribution in [0, 0.1) is 0 Å². The van der Waals surface area contributed by atoms with Crippen molar-refractivity contribution < 1.29 is 38.1 Å². The number of esters is 2. The molecule has 0 radical (unpaired) electrons. The van der Waals surface area contributed by atoms with Crippen LogP contribution in [0.25, 0.3) is 20.4 Å². The van der Waals surface area contributed by atoms with Crippen LogP contribution in [0.3, 0.4) is 0 Å². The first-order valence-corrected chi connectivity index (χ1v) is 18.9. The Morgan fingerprint density at radius 3 is 1.36 bits per heavy atom. The van der Waals surface area contributed by atoms with E-state index < -0.39 is 11.9 Å². The van der Waals surface area contributed by atoms with Gasteiger partial charge in [-0.3, -0.25) is 19.2 Å². The Hall–Kier alpha value is -4.30. The van der Waals surface area contributed by atoms with E-state index in [-0.39, 0.29) is 38.1 Å². The SMILES string of the molecule is CCOC(=O)Cn1c(=NC(=O)CCCCCCCCC(=O)N=c2sc3cccc(OCC)c3n2CC(=O)OCC)sc2cccc(OCC)c21. The van der Waals surface area contributed by atoms with Crippen molar-refractivity contribution >= 4 is 66.9 Å². The van der Waals surface area contributed by atoms with Crippen LogP contribution in [0.15, 0.2) is 46.4 Å². The molecule has 0 fully saturated rings. The molecule has 2 aromatic carbocycles. The number of nitrogens with zero attached hydrogens (tertiary/aromatic N) is 4. The lowest BCUT2D eigenvalue weighted by molar-refractivity contribution is -0.144. The number of carbonyl (C=O) groups is 4. The Labute approximate surface area is 299 Å². The zero-order chi connectivity index (χ0) is 35.9. The number of hydrogen-bond donors (Lipinski definition) is 0. The predicted molar refractivity (Wildman–Crippen MR) is 193 cm³/mol. The van der Waals surface area contributed by atoms with Crippen LogP contribution in [0.5, 0.6) is 11.5 Å². The first kappa shape index (κ1) is 38.5. The molecular formula is C36H46N4O8S2. The van der Waals surface area contributed by atoms with Gasteiger partial charge in [0.25, 0.3) is 0 Å². The fourth-order valence-corrected chi connectivity index (χ4v) is 7.59. The molecule has 0 aliphatic carbocycles. The highest BCUT2D eigenvalue weighted by atomic mass is 32.1. The number of fused-ring (bicyclic) bond motifs is 2. The largest absolute Gasteiger partial charge is 0.492 e. The molecule has 0 spiro atoms. The lowest BCUT2D eigenvalue weighted by atomic mass is 10.1. The van der Waals surface area contributed by atoms with Crippen LogP contribution < -0.4 is 19.1 Å². The number of thiazole rings is 2. The standard InChI is InChI=1S/C36H46N4O8S2/c1-5-45-25-17-15-19-27-33(25)39(23-31(43)47-7-3)35(49-27)37-29(41)21-13-11-9-10-12-14-22-30(42)38-36-40(24-32(44)48-8-4)34-26(46-6-2)18-16-20-28(34)50-36/h15-20H,5-14,21-24H2,1-4H3. The maximum absolute atomic E-state index is 12.8. The van der Waals surface area contributed by atoms with Crippen molar-refractivity contribution in [3.8, 4) is 11.5 Å². The van der Waals surface area contributed by atoms with E-state index in [0.29, 0.717) is 60.0 Å². The summed E-state index contributed by atoms with van der Waals surface area (Å²) in [5.41, 5.74) is 1.45. The second kappa shape index (κ2) is 19.8. The van der Waals surface area contributed by atoms with Gasteiger partial charge < -0.3 is 28.1 Å². The highest BCUT2D eigenvalue weighted by Gasteiger charge is 2.17. The van der Waals surface area contributed by atoms with E-state index in [1.165, 1.54) is 22.7 Å². The molecule has 4 aromatic rings. The topological polar surface area (TPSA) is 140 Å². The fourth-order valence-electron chi connectivity index (χ4n) is 5.46. The van der Waals surface area contributed by atoms with Crippen LogP contribution in [0.2, 0.25) is 0 Å². The summed E-state index contributed by atoms with van der Waals surface area (Å²) in [6.45, 7) is 8.61. The molecule has 0 aliphatic rings. The Kier molecular flexibility index (Phi) is 15.2. The third-order valence-corrected chi connectivity index (χ3v) is 9.67. The quantitative estimate of drug-likeness (QED) is 0.0809. The lowest BCUT2D eigenvalue weighted by Crippen LogP contribution is -2.23. The Morgan fingerprint density at radius 1 is 0.580 bits per heavy atom. The Morgan fingerprint density at radius 2 is 0.980 bits per heavy atom. The van der Waals surface area contributed by atoms with Crippen molar-refractivity contribution in [2.24, 2.45) is 9.98 Å². The highest BCUT2D eigenvalue weighted by molar-refractivity contribution is 7.16. The van der Waals surface area contributed by atoms with Crippen molar-refractivity contribution in [2.45, 2.75) is 92.2 Å². The zero-order valence-corrected chi connectivity index (χ0v) is 30.9. The average Bonchev–Trinajstić information content (AvgIpc) is 3.60. The van der Waals surface area contributed by atoms with E-state index in [1.807, 2.05) is 50.2 Å². The van der Waals surface area contributed by atoms with Crippen molar-refractivity contribution in [3.63, 3.8) is 0 Å². The van der Waals surface area contributed by atoms with E-state index in [4.69, 9.17) is 18.9 Å². The summed E-state index contributed by atoms with van der Waals surface area (Å²) < 4.78 is 27.0. The molecule has 2 aromatic heterocycles. The first-order valence-electron chi connectivity index (χ1n) is 17.3. The number of carbonyl (C=O) groups excluding carboxylic acids is 4. The fraction of sp³-hybridized carbons (Fsp3) is 0.500. The number of aromatic nitrogens is 2. The second-order valence-corrected chi connectivity index (χ2v) is 13.3. The normalized spacial score (nSPS) is 12.1. The maximum atomic E-state index is 12.8. The number of amides is 2. The number of ether oxygens (including phenoxy) is 4. The summed E-state index contributed by atoms with van der Waals surface area (Å²) in [4.78, 5) is 60.1. The van der Waals surface area contributed by atoms with Gasteiger partial charge in [0.1, 0.15) is 35.6 Å². The average molecular weight is 727 g/mol. The smallest absolute Gasteiger partial charge is 0.326 e. The van der Waals surface area contributed by atoms with Crippen molar-refractivity contribution in [1.82, 2.24) is 9.13 Å². The third kappa shape index (κ3) is 10.6. The highest BCUT2D eigenvalue weighted by Crippen LogP contribution is 2.29. The molecule has 2 amide bonds.